The lowest BCUT2D eigenvalue weighted by atomic mass is 9.70. The summed E-state index contributed by atoms with van der Waals surface area (Å²) >= 11 is 0. The van der Waals surface area contributed by atoms with Gasteiger partial charge in [0, 0.05) is 9.52 Å². The number of nitrogens with zero attached hydrogens (tertiary/aromatic N) is 1. The van der Waals surface area contributed by atoms with Gasteiger partial charge in [0.2, 0.25) is 0 Å². The minimum atomic E-state index is -0.363. The highest BCUT2D eigenvalue weighted by molar-refractivity contribution is 6.37. The molecular weight excluding hydrogens is 373 g/mol. The van der Waals surface area contributed by atoms with E-state index in [-0.39, 0.29) is 20.9 Å². The van der Waals surface area contributed by atoms with Crippen molar-refractivity contribution in [3.8, 4) is 6.07 Å². The lowest BCUT2D eigenvalue weighted by molar-refractivity contribution is 0.163. The molecule has 3 heteroatoms. The van der Waals surface area contributed by atoms with E-state index < -0.39 is 0 Å². The molecule has 1 nitrogen and oxygen atoms in total. The van der Waals surface area contributed by atoms with E-state index in [1.165, 1.54) is 64.2 Å². The fourth-order valence-electron chi connectivity index (χ4n) is 5.93. The zero-order chi connectivity index (χ0) is 20.5. The summed E-state index contributed by atoms with van der Waals surface area (Å²) in [6, 6.07) is 8.62. The average molecular weight is 414 g/mol. The van der Waals surface area contributed by atoms with E-state index in [9.17, 15) is 4.39 Å². The molecule has 2 aliphatic rings. The summed E-state index contributed by atoms with van der Waals surface area (Å²) in [5, 5.41) is 8.86. The molecule has 0 heterocycles. The molecule has 0 aromatic heterocycles. The molecule has 2 saturated carbocycles. The molecule has 0 amide bonds. The van der Waals surface area contributed by atoms with E-state index in [1.54, 1.807) is 31.0 Å². The number of unbranched alkanes of at least 4 members (excludes halogenated alkanes) is 2. The Labute approximate surface area is 180 Å². The third-order valence-corrected chi connectivity index (χ3v) is 10.5. The Morgan fingerprint density at radius 3 is 2.31 bits per heavy atom. The maximum atomic E-state index is 13.8. The van der Waals surface area contributed by atoms with Crippen LogP contribution >= 0.6 is 0 Å². The van der Waals surface area contributed by atoms with Crippen LogP contribution in [-0.2, 0) is 6.42 Å². The molecule has 0 radical (unpaired) electrons. The van der Waals surface area contributed by atoms with Gasteiger partial charge in [0.1, 0.15) is 11.9 Å². The van der Waals surface area contributed by atoms with Gasteiger partial charge in [-0.2, -0.15) is 5.26 Å². The molecule has 0 saturated heterocycles. The van der Waals surface area contributed by atoms with Crippen molar-refractivity contribution in [1.29, 1.82) is 5.26 Å². The van der Waals surface area contributed by atoms with Crippen molar-refractivity contribution in [1.82, 2.24) is 0 Å². The van der Waals surface area contributed by atoms with Crippen LogP contribution in [0.15, 0.2) is 18.2 Å². The first-order valence-corrected chi connectivity index (χ1v) is 14.2. The van der Waals surface area contributed by atoms with Gasteiger partial charge < -0.3 is 0 Å². The molecule has 0 unspecified atom stereocenters. The van der Waals surface area contributed by atoms with E-state index in [0.717, 1.165) is 35.3 Å². The van der Waals surface area contributed by atoms with Crippen molar-refractivity contribution in [2.24, 2.45) is 17.8 Å². The van der Waals surface area contributed by atoms with Crippen LogP contribution in [0.1, 0.15) is 95.1 Å². The Bertz CT molecular complexity index is 651. The summed E-state index contributed by atoms with van der Waals surface area (Å²) in [5.74, 6) is 2.45. The predicted molar refractivity (Wildman–Crippen MR) is 123 cm³/mol. The third kappa shape index (κ3) is 6.95. The number of hydrogen-bond donors (Lipinski definition) is 0. The van der Waals surface area contributed by atoms with Crippen LogP contribution in [0.5, 0.6) is 0 Å². The molecule has 0 atom stereocenters. The van der Waals surface area contributed by atoms with Gasteiger partial charge >= 0.3 is 0 Å². The molecule has 0 N–H and O–H groups in total. The zero-order valence-corrected chi connectivity index (χ0v) is 19.9. The fourth-order valence-corrected chi connectivity index (χ4v) is 8.20. The van der Waals surface area contributed by atoms with Gasteiger partial charge in [-0.25, -0.2) is 4.39 Å². The highest BCUT2D eigenvalue weighted by Gasteiger charge is 2.30. The maximum Gasteiger partial charge on any atom is 0.141 e. The second-order valence-corrected chi connectivity index (χ2v) is 12.3. The van der Waals surface area contributed by atoms with Crippen LogP contribution in [0.4, 0.5) is 4.39 Å². The Kier molecular flexibility index (Phi) is 9.24. The normalized spacial score (nSPS) is 27.9. The molecule has 29 heavy (non-hydrogen) atoms. The largest absolute Gasteiger partial charge is 0.206 e. The quantitative estimate of drug-likeness (QED) is 0.310. The Balaban J connectivity index is 1.33. The van der Waals surface area contributed by atoms with Crippen LogP contribution in [-0.4, -0.2) is 9.52 Å². The summed E-state index contributed by atoms with van der Waals surface area (Å²) in [5.41, 5.74) is 2.37. The van der Waals surface area contributed by atoms with Crippen molar-refractivity contribution >= 4 is 9.52 Å². The number of nitriles is 1. The first kappa shape index (κ1) is 22.5. The summed E-state index contributed by atoms with van der Waals surface area (Å²) in [4.78, 5) is 0. The van der Waals surface area contributed by atoms with Crippen molar-refractivity contribution in [3.05, 3.63) is 35.1 Å². The monoisotopic (exact) mass is 413 g/mol. The first-order valence-electron chi connectivity index (χ1n) is 12.4. The molecule has 160 valence electrons. The number of hydrogen-bond acceptors (Lipinski definition) is 1. The van der Waals surface area contributed by atoms with Crippen LogP contribution < -0.4 is 0 Å². The van der Waals surface area contributed by atoms with Crippen molar-refractivity contribution in [2.75, 3.05) is 0 Å². The van der Waals surface area contributed by atoms with Crippen LogP contribution in [0, 0.1) is 34.9 Å². The number of benzene rings is 1. The molecule has 0 bridgehead atoms. The van der Waals surface area contributed by atoms with Crippen LogP contribution in [0.3, 0.4) is 0 Å². The molecule has 0 spiro atoms. The Hall–Kier alpha value is -1.14. The highest BCUT2D eigenvalue weighted by Crippen LogP contribution is 2.43. The minimum absolute atomic E-state index is 0.160. The van der Waals surface area contributed by atoms with E-state index in [1.807, 2.05) is 12.1 Å². The van der Waals surface area contributed by atoms with E-state index in [0.29, 0.717) is 0 Å². The summed E-state index contributed by atoms with van der Waals surface area (Å²) in [6.45, 7) is 2.31. The molecule has 1 aromatic rings. The van der Waals surface area contributed by atoms with Gasteiger partial charge in [-0.1, -0.05) is 82.4 Å². The molecule has 0 aliphatic heterocycles. The van der Waals surface area contributed by atoms with Crippen LogP contribution in [0.25, 0.3) is 0 Å². The summed E-state index contributed by atoms with van der Waals surface area (Å²) < 4.78 is 13.8. The fraction of sp³-hybridized carbons (Fsp3) is 0.731. The van der Waals surface area contributed by atoms with Gasteiger partial charge in [0.15, 0.2) is 0 Å². The van der Waals surface area contributed by atoms with Crippen LogP contribution in [0.2, 0.25) is 11.6 Å². The average Bonchev–Trinajstić information content (AvgIpc) is 2.76. The Morgan fingerprint density at radius 2 is 1.69 bits per heavy atom. The predicted octanol–water partition coefficient (Wildman–Crippen LogP) is 7.19. The standard InChI is InChI=1S/C26H40FNSi/c1-2-3-4-17-29-25-15-13-23(14-16-25)22-10-7-20(8-11-22)5-6-21-9-12-24(19-28)26(27)18-21/h9,12,18,20,22-23,25H,2-8,10-11,13-17,29H2,1H3/t20?,22?,23-,25-. The lowest BCUT2D eigenvalue weighted by Gasteiger charge is -2.38. The van der Waals surface area contributed by atoms with Gasteiger partial charge in [-0.3, -0.25) is 0 Å². The second kappa shape index (κ2) is 11.9. The van der Waals surface area contributed by atoms with Crippen molar-refractivity contribution in [2.45, 2.75) is 102 Å². The van der Waals surface area contributed by atoms with E-state index in [2.05, 4.69) is 6.92 Å². The van der Waals surface area contributed by atoms with Gasteiger partial charge in [0.05, 0.1) is 5.56 Å². The minimum Gasteiger partial charge on any atom is -0.206 e. The maximum absolute atomic E-state index is 13.8. The molecule has 1 aromatic carbocycles. The topological polar surface area (TPSA) is 23.8 Å². The van der Waals surface area contributed by atoms with E-state index in [4.69, 9.17) is 5.26 Å². The first-order chi connectivity index (χ1) is 14.2. The second-order valence-electron chi connectivity index (χ2n) is 9.88. The van der Waals surface area contributed by atoms with Crippen molar-refractivity contribution in [3.63, 3.8) is 0 Å². The zero-order valence-electron chi connectivity index (χ0n) is 18.5. The molecule has 2 fully saturated rings. The number of halogens is 1. The molecular formula is C26H40FNSi. The Morgan fingerprint density at radius 1 is 1.00 bits per heavy atom. The van der Waals surface area contributed by atoms with Gasteiger partial charge in [-0.05, 0) is 61.1 Å². The lowest BCUT2D eigenvalue weighted by Crippen LogP contribution is -2.26. The van der Waals surface area contributed by atoms with Crippen molar-refractivity contribution < 1.29 is 4.39 Å². The number of rotatable bonds is 9. The van der Waals surface area contributed by atoms with E-state index >= 15 is 0 Å². The third-order valence-electron chi connectivity index (χ3n) is 7.91. The summed E-state index contributed by atoms with van der Waals surface area (Å²) in [6.07, 6.45) is 18.2. The smallest absolute Gasteiger partial charge is 0.141 e. The SMILES string of the molecule is CCCCC[SiH2][C@H]1CC[C@H](C2CCC(CCc3ccc(C#N)c(F)c3)CC2)CC1. The molecule has 3 rings (SSSR count). The number of aryl methyl sites for hydroxylation is 1. The van der Waals surface area contributed by atoms with Gasteiger partial charge in [0.25, 0.3) is 0 Å². The highest BCUT2D eigenvalue weighted by atomic mass is 28.2. The summed E-state index contributed by atoms with van der Waals surface area (Å²) in [7, 11) is 0.201. The molecule has 2 aliphatic carbocycles. The van der Waals surface area contributed by atoms with Gasteiger partial charge in [-0.15, -0.1) is 0 Å².